The van der Waals surface area contributed by atoms with Crippen LogP contribution in [0, 0.1) is 0 Å². The molecular formula is C15H14N4O2. The Kier molecular flexibility index (Phi) is 4.76. The zero-order valence-electron chi connectivity index (χ0n) is 11.4. The number of hydrazone groups is 1. The molecule has 0 radical (unpaired) electrons. The molecule has 0 unspecified atom stereocenters. The van der Waals surface area contributed by atoms with Crippen LogP contribution in [0.15, 0.2) is 53.9 Å². The highest BCUT2D eigenvalue weighted by Gasteiger charge is 2.02. The van der Waals surface area contributed by atoms with Crippen molar-refractivity contribution in [1.82, 2.24) is 10.4 Å². The zero-order chi connectivity index (χ0) is 15.1. The predicted octanol–water partition coefficient (Wildman–Crippen LogP) is 1.80. The summed E-state index contributed by atoms with van der Waals surface area (Å²) in [6.45, 7) is 1.45. The molecule has 0 aliphatic carbocycles. The first-order valence-electron chi connectivity index (χ1n) is 6.26. The minimum Gasteiger partial charge on any atom is -0.326 e. The van der Waals surface area contributed by atoms with Crippen molar-refractivity contribution in [2.45, 2.75) is 6.92 Å². The van der Waals surface area contributed by atoms with E-state index in [2.05, 4.69) is 20.8 Å². The lowest BCUT2D eigenvalue weighted by Crippen LogP contribution is -2.17. The lowest BCUT2D eigenvalue weighted by molar-refractivity contribution is -0.114. The van der Waals surface area contributed by atoms with Gasteiger partial charge in [-0.1, -0.05) is 12.1 Å². The lowest BCUT2D eigenvalue weighted by atomic mass is 10.2. The second-order valence-electron chi connectivity index (χ2n) is 4.24. The van der Waals surface area contributed by atoms with Crippen LogP contribution in [-0.2, 0) is 4.79 Å². The third-order valence-corrected chi connectivity index (χ3v) is 2.53. The van der Waals surface area contributed by atoms with Crippen LogP contribution in [0.4, 0.5) is 5.69 Å². The Morgan fingerprint density at radius 2 is 1.95 bits per heavy atom. The van der Waals surface area contributed by atoms with Crippen molar-refractivity contribution < 1.29 is 9.59 Å². The summed E-state index contributed by atoms with van der Waals surface area (Å²) >= 11 is 0. The number of hydrogen-bond acceptors (Lipinski definition) is 4. The Labute approximate surface area is 121 Å². The SMILES string of the molecule is CC(=O)Nc1ccc(/C=N/NC(=O)c2cccnc2)cc1. The third-order valence-electron chi connectivity index (χ3n) is 2.53. The molecule has 0 bridgehead atoms. The Morgan fingerprint density at radius 3 is 2.57 bits per heavy atom. The molecule has 0 aliphatic heterocycles. The fourth-order valence-corrected chi connectivity index (χ4v) is 1.58. The number of nitrogens with zero attached hydrogens (tertiary/aromatic N) is 2. The van der Waals surface area contributed by atoms with Crippen LogP contribution in [0.5, 0.6) is 0 Å². The average molecular weight is 282 g/mol. The van der Waals surface area contributed by atoms with Gasteiger partial charge in [0.1, 0.15) is 0 Å². The lowest BCUT2D eigenvalue weighted by Gasteiger charge is -2.01. The summed E-state index contributed by atoms with van der Waals surface area (Å²) in [7, 11) is 0. The number of nitrogens with one attached hydrogen (secondary N) is 2. The smallest absolute Gasteiger partial charge is 0.272 e. The van der Waals surface area contributed by atoms with Gasteiger partial charge in [0.15, 0.2) is 0 Å². The molecule has 1 heterocycles. The Morgan fingerprint density at radius 1 is 1.19 bits per heavy atom. The van der Waals surface area contributed by atoms with Crippen LogP contribution >= 0.6 is 0 Å². The van der Waals surface area contributed by atoms with Gasteiger partial charge >= 0.3 is 0 Å². The van der Waals surface area contributed by atoms with E-state index in [0.717, 1.165) is 5.56 Å². The molecular weight excluding hydrogens is 268 g/mol. The van der Waals surface area contributed by atoms with Crippen LogP contribution in [0.1, 0.15) is 22.8 Å². The molecule has 0 saturated heterocycles. The van der Waals surface area contributed by atoms with E-state index in [4.69, 9.17) is 0 Å². The van der Waals surface area contributed by atoms with E-state index in [-0.39, 0.29) is 11.8 Å². The van der Waals surface area contributed by atoms with Gasteiger partial charge in [-0.15, -0.1) is 0 Å². The number of benzene rings is 1. The third kappa shape index (κ3) is 4.54. The van der Waals surface area contributed by atoms with Crippen LogP contribution < -0.4 is 10.7 Å². The number of carbonyl (C=O) groups excluding carboxylic acids is 2. The Hall–Kier alpha value is -3.02. The highest BCUT2D eigenvalue weighted by molar-refractivity contribution is 5.94. The van der Waals surface area contributed by atoms with E-state index in [0.29, 0.717) is 11.3 Å². The van der Waals surface area contributed by atoms with E-state index in [1.807, 2.05) is 0 Å². The van der Waals surface area contributed by atoms with Gasteiger partial charge < -0.3 is 5.32 Å². The molecule has 21 heavy (non-hydrogen) atoms. The van der Waals surface area contributed by atoms with Gasteiger partial charge in [-0.3, -0.25) is 14.6 Å². The van der Waals surface area contributed by atoms with E-state index in [1.54, 1.807) is 42.6 Å². The van der Waals surface area contributed by atoms with E-state index < -0.39 is 0 Å². The van der Waals surface area contributed by atoms with Crippen molar-refractivity contribution in [1.29, 1.82) is 0 Å². The molecule has 1 aromatic heterocycles. The predicted molar refractivity (Wildman–Crippen MR) is 80.0 cm³/mol. The summed E-state index contributed by atoms with van der Waals surface area (Å²) in [6, 6.07) is 10.4. The zero-order valence-corrected chi connectivity index (χ0v) is 11.4. The van der Waals surface area contributed by atoms with Gasteiger partial charge in [0.05, 0.1) is 11.8 Å². The quantitative estimate of drug-likeness (QED) is 0.662. The number of carbonyl (C=O) groups is 2. The highest BCUT2D eigenvalue weighted by Crippen LogP contribution is 2.07. The first kappa shape index (κ1) is 14.4. The number of pyridine rings is 1. The largest absolute Gasteiger partial charge is 0.326 e. The van der Waals surface area contributed by atoms with Crippen molar-refractivity contribution in [3.63, 3.8) is 0 Å². The van der Waals surface area contributed by atoms with Gasteiger partial charge in [0, 0.05) is 25.0 Å². The molecule has 1 aromatic carbocycles. The first-order valence-corrected chi connectivity index (χ1v) is 6.26. The molecule has 0 spiro atoms. The Bertz CT molecular complexity index is 651. The normalized spacial score (nSPS) is 10.3. The number of anilines is 1. The minimum absolute atomic E-state index is 0.125. The highest BCUT2D eigenvalue weighted by atomic mass is 16.2. The van der Waals surface area contributed by atoms with Gasteiger partial charge in [-0.2, -0.15) is 5.10 Å². The maximum atomic E-state index is 11.7. The molecule has 0 saturated carbocycles. The summed E-state index contributed by atoms with van der Waals surface area (Å²) in [6.07, 6.45) is 4.58. The van der Waals surface area contributed by atoms with Crippen molar-refractivity contribution in [3.8, 4) is 0 Å². The van der Waals surface area contributed by atoms with Crippen LogP contribution in [0.25, 0.3) is 0 Å². The molecule has 2 rings (SSSR count). The minimum atomic E-state index is -0.325. The molecule has 6 heteroatoms. The van der Waals surface area contributed by atoms with Gasteiger partial charge in [-0.25, -0.2) is 5.43 Å². The summed E-state index contributed by atoms with van der Waals surface area (Å²) in [4.78, 5) is 26.4. The van der Waals surface area contributed by atoms with Crippen molar-refractivity contribution in [2.24, 2.45) is 5.10 Å². The molecule has 2 N–H and O–H groups in total. The average Bonchev–Trinajstić information content (AvgIpc) is 2.49. The molecule has 0 fully saturated rings. The van der Waals surface area contributed by atoms with Crippen LogP contribution in [-0.4, -0.2) is 23.0 Å². The van der Waals surface area contributed by atoms with Gasteiger partial charge in [0.2, 0.25) is 5.91 Å². The second kappa shape index (κ2) is 6.95. The molecule has 6 nitrogen and oxygen atoms in total. The Balaban J connectivity index is 1.92. The van der Waals surface area contributed by atoms with Gasteiger partial charge in [-0.05, 0) is 29.8 Å². The monoisotopic (exact) mass is 282 g/mol. The fourth-order valence-electron chi connectivity index (χ4n) is 1.58. The molecule has 2 amide bonds. The van der Waals surface area contributed by atoms with Crippen LogP contribution in [0.3, 0.4) is 0 Å². The van der Waals surface area contributed by atoms with Crippen molar-refractivity contribution >= 4 is 23.7 Å². The van der Waals surface area contributed by atoms with Crippen LogP contribution in [0.2, 0.25) is 0 Å². The van der Waals surface area contributed by atoms with E-state index in [9.17, 15) is 9.59 Å². The number of aromatic nitrogens is 1. The summed E-state index contributed by atoms with van der Waals surface area (Å²) in [5, 5.41) is 6.54. The van der Waals surface area contributed by atoms with Crippen molar-refractivity contribution in [3.05, 3.63) is 59.9 Å². The molecule has 106 valence electrons. The summed E-state index contributed by atoms with van der Waals surface area (Å²) in [5.74, 6) is -0.450. The first-order chi connectivity index (χ1) is 10.1. The van der Waals surface area contributed by atoms with Gasteiger partial charge in [0.25, 0.3) is 5.91 Å². The number of amides is 2. The van der Waals surface area contributed by atoms with E-state index in [1.165, 1.54) is 19.3 Å². The molecule has 0 aliphatic rings. The summed E-state index contributed by atoms with van der Waals surface area (Å²) < 4.78 is 0. The second-order valence-corrected chi connectivity index (χ2v) is 4.24. The fraction of sp³-hybridized carbons (Fsp3) is 0.0667. The standard InChI is InChI=1S/C15H14N4O2/c1-11(20)18-14-6-4-12(5-7-14)9-17-19-15(21)13-3-2-8-16-10-13/h2-10H,1H3,(H,18,20)(H,19,21)/b17-9+. The van der Waals surface area contributed by atoms with E-state index >= 15 is 0 Å². The van der Waals surface area contributed by atoms with Crippen molar-refractivity contribution in [2.75, 3.05) is 5.32 Å². The number of hydrogen-bond donors (Lipinski definition) is 2. The number of rotatable bonds is 4. The summed E-state index contributed by atoms with van der Waals surface area (Å²) in [5.41, 5.74) is 4.36. The maximum absolute atomic E-state index is 11.7. The topological polar surface area (TPSA) is 83.5 Å². The molecule has 0 atom stereocenters. The molecule has 2 aromatic rings. The maximum Gasteiger partial charge on any atom is 0.272 e.